The van der Waals surface area contributed by atoms with Crippen LogP contribution in [0.4, 0.5) is 0 Å². The van der Waals surface area contributed by atoms with Gasteiger partial charge in [0.25, 0.3) is 0 Å². The zero-order valence-corrected chi connectivity index (χ0v) is 19.6. The first-order chi connectivity index (χ1) is 11.5. The summed E-state index contributed by atoms with van der Waals surface area (Å²) in [5.74, 6) is 0. The molecule has 1 fully saturated rings. The van der Waals surface area contributed by atoms with Crippen molar-refractivity contribution in [1.82, 2.24) is 4.90 Å². The Bertz CT molecular complexity index is 485. The van der Waals surface area contributed by atoms with E-state index in [0.29, 0.717) is 0 Å². The van der Waals surface area contributed by atoms with Crippen LogP contribution in [0.25, 0.3) is 0 Å². The summed E-state index contributed by atoms with van der Waals surface area (Å²) in [5, 5.41) is 5.38. The van der Waals surface area contributed by atoms with Crippen molar-refractivity contribution in [2.75, 3.05) is 32.8 Å². The second-order valence-electron chi connectivity index (χ2n) is 7.95. The van der Waals surface area contributed by atoms with E-state index in [1.54, 1.807) is 0 Å². The molecule has 0 aliphatic carbocycles. The number of rotatable bonds is 9. The predicted molar refractivity (Wildman–Crippen MR) is 109 cm³/mol. The maximum absolute atomic E-state index is 6.54. The molecule has 24 heavy (non-hydrogen) atoms. The molecule has 2 rings (SSSR count). The molecule has 0 atom stereocenters. The molecule has 0 saturated carbocycles. The van der Waals surface area contributed by atoms with E-state index in [1.807, 2.05) is 0 Å². The van der Waals surface area contributed by atoms with Gasteiger partial charge < -0.3 is 0 Å². The third-order valence-corrected chi connectivity index (χ3v) is 20.7. The molecule has 0 amide bonds. The van der Waals surface area contributed by atoms with Gasteiger partial charge in [0.05, 0.1) is 0 Å². The van der Waals surface area contributed by atoms with Crippen molar-refractivity contribution in [2.45, 2.75) is 62.1 Å². The molecule has 0 bridgehead atoms. The fraction of sp³-hybridized carbons (Fsp3) is 0.789. The van der Waals surface area contributed by atoms with E-state index in [-0.39, 0.29) is 0 Å². The third kappa shape index (κ3) is 4.77. The summed E-state index contributed by atoms with van der Waals surface area (Å²) in [5.41, 5.74) is 0. The van der Waals surface area contributed by atoms with Gasteiger partial charge in [-0.2, -0.15) is 0 Å². The van der Waals surface area contributed by atoms with Gasteiger partial charge in [-0.15, -0.1) is 0 Å². The average Bonchev–Trinajstić information content (AvgIpc) is 3.09. The van der Waals surface area contributed by atoms with E-state index in [0.717, 1.165) is 26.3 Å². The number of morpholine rings is 1. The Hall–Kier alpha value is -0.0403. The fourth-order valence-corrected chi connectivity index (χ4v) is 13.3. The van der Waals surface area contributed by atoms with Crippen molar-refractivity contribution >= 4 is 31.3 Å². The molecule has 138 valence electrons. The Morgan fingerprint density at radius 2 is 1.67 bits per heavy atom. The zero-order chi connectivity index (χ0) is 17.6. The summed E-state index contributed by atoms with van der Waals surface area (Å²) in [6, 6.07) is 6.00. The van der Waals surface area contributed by atoms with Crippen LogP contribution < -0.4 is 9.98 Å². The molecule has 1 aromatic heterocycles. The maximum atomic E-state index is 6.54. The molecule has 0 spiro atoms. The summed E-state index contributed by atoms with van der Waals surface area (Å²) in [6.45, 7) is 17.3. The number of nitrogens with zero attached hydrogens (tertiary/aromatic N) is 1. The van der Waals surface area contributed by atoms with Gasteiger partial charge in [0.2, 0.25) is 0 Å². The van der Waals surface area contributed by atoms with E-state index >= 15 is 0 Å². The number of furan rings is 1. The molecule has 1 aromatic rings. The molecule has 5 heteroatoms. The van der Waals surface area contributed by atoms with Crippen LogP contribution in [0.5, 0.6) is 0 Å². The van der Waals surface area contributed by atoms with Gasteiger partial charge in [0, 0.05) is 0 Å². The van der Waals surface area contributed by atoms with Crippen LogP contribution >= 0.6 is 0 Å². The predicted octanol–water partition coefficient (Wildman–Crippen LogP) is 3.63. The number of hydrogen-bond donors (Lipinski definition) is 0. The van der Waals surface area contributed by atoms with Crippen molar-refractivity contribution in [3.05, 3.63) is 12.1 Å². The quantitative estimate of drug-likeness (QED) is 0.580. The monoisotopic (exact) mass is 413 g/mol. The van der Waals surface area contributed by atoms with Crippen molar-refractivity contribution in [2.24, 2.45) is 0 Å². The van der Waals surface area contributed by atoms with E-state index in [1.165, 1.54) is 44.7 Å². The van der Waals surface area contributed by atoms with Gasteiger partial charge >= 0.3 is 152 Å². The van der Waals surface area contributed by atoms with Gasteiger partial charge in [-0.3, -0.25) is 0 Å². The minimum atomic E-state index is -1.94. The van der Waals surface area contributed by atoms with Crippen molar-refractivity contribution < 1.29 is 9.15 Å². The van der Waals surface area contributed by atoms with Crippen LogP contribution in [0, 0.1) is 0 Å². The van der Waals surface area contributed by atoms with Gasteiger partial charge in [0.15, 0.2) is 0 Å². The third-order valence-electron chi connectivity index (χ3n) is 6.21. The molecule has 1 aliphatic rings. The fourth-order valence-electron chi connectivity index (χ4n) is 3.95. The number of hydrogen-bond acceptors (Lipinski definition) is 3. The molecule has 3 nitrogen and oxygen atoms in total. The van der Waals surface area contributed by atoms with Gasteiger partial charge in [0.1, 0.15) is 0 Å². The molecule has 0 unspecified atom stereocenters. The van der Waals surface area contributed by atoms with Crippen molar-refractivity contribution in [3.8, 4) is 0 Å². The van der Waals surface area contributed by atoms with E-state index < -0.39 is 21.3 Å². The van der Waals surface area contributed by atoms with Crippen molar-refractivity contribution in [3.63, 3.8) is 0 Å². The minimum absolute atomic E-state index is 0.905. The van der Waals surface area contributed by atoms with Crippen molar-refractivity contribution in [1.29, 1.82) is 0 Å². The molecule has 0 radical (unpaired) electrons. The molecule has 0 N–H and O–H groups in total. The second-order valence-corrected chi connectivity index (χ2v) is 23.6. The first kappa shape index (κ1) is 20.3. The summed E-state index contributed by atoms with van der Waals surface area (Å²) < 4.78 is 13.4. The van der Waals surface area contributed by atoms with Crippen LogP contribution in [0.2, 0.25) is 34.9 Å². The van der Waals surface area contributed by atoms with Gasteiger partial charge in [-0.05, 0) is 0 Å². The summed E-state index contributed by atoms with van der Waals surface area (Å²) >= 11 is -1.94. The molecule has 0 aromatic carbocycles. The van der Waals surface area contributed by atoms with E-state index in [9.17, 15) is 0 Å². The Labute approximate surface area is 152 Å². The SMILES string of the molecule is C[CH2][Ge]([CH2]C)([CH2]C)[c]1ccc([Si](C)(C)CCCN2CCOCC2)o1. The van der Waals surface area contributed by atoms with Crippen LogP contribution in [-0.4, -0.2) is 59.1 Å². The van der Waals surface area contributed by atoms with Crippen LogP contribution in [-0.2, 0) is 4.74 Å². The Kier molecular flexibility index (Phi) is 7.65. The van der Waals surface area contributed by atoms with Gasteiger partial charge in [-0.1, -0.05) is 0 Å². The number of ether oxygens (including phenoxy) is 1. The summed E-state index contributed by atoms with van der Waals surface area (Å²) in [6.07, 6.45) is 1.29. The van der Waals surface area contributed by atoms with Crippen LogP contribution in [0.15, 0.2) is 16.5 Å². The second kappa shape index (κ2) is 9.06. The standard InChI is InChI=1S/C19H37GeNO2Si/c1-6-20(7-2,8-3)18-10-11-19(23-18)24(4,5)17-9-12-21-13-15-22-16-14-21/h10-11H,6-9,12-17H2,1-5H3. The van der Waals surface area contributed by atoms with Crippen LogP contribution in [0.1, 0.15) is 27.2 Å². The normalized spacial score (nSPS) is 17.4. The zero-order valence-electron chi connectivity index (χ0n) is 16.5. The summed E-state index contributed by atoms with van der Waals surface area (Å²) in [4.78, 5) is 2.55. The Balaban J connectivity index is 1.96. The first-order valence-electron chi connectivity index (χ1n) is 9.88. The van der Waals surface area contributed by atoms with E-state index in [2.05, 4.69) is 50.9 Å². The molecule has 1 saturated heterocycles. The summed E-state index contributed by atoms with van der Waals surface area (Å²) in [7, 11) is -1.45. The Morgan fingerprint density at radius 3 is 2.25 bits per heavy atom. The Morgan fingerprint density at radius 1 is 1.04 bits per heavy atom. The molecule has 2 heterocycles. The molecular weight excluding hydrogens is 375 g/mol. The molecule has 1 aliphatic heterocycles. The molecular formula is C19H37GeNO2Si. The van der Waals surface area contributed by atoms with Crippen LogP contribution in [0.3, 0.4) is 0 Å². The topological polar surface area (TPSA) is 25.6 Å². The van der Waals surface area contributed by atoms with E-state index in [4.69, 9.17) is 9.15 Å². The first-order valence-corrected chi connectivity index (χ1v) is 18.6. The average molecular weight is 412 g/mol. The van der Waals surface area contributed by atoms with Gasteiger partial charge in [-0.25, -0.2) is 0 Å².